The molecule has 0 aromatic heterocycles. The first-order valence-corrected chi connectivity index (χ1v) is 6.56. The van der Waals surface area contributed by atoms with Gasteiger partial charge in [-0.05, 0) is 35.4 Å². The van der Waals surface area contributed by atoms with Gasteiger partial charge >= 0.3 is 0 Å². The van der Waals surface area contributed by atoms with E-state index in [0.717, 1.165) is 24.3 Å². The van der Waals surface area contributed by atoms with Gasteiger partial charge in [-0.3, -0.25) is 0 Å². The molecule has 0 saturated carbocycles. The molecule has 2 N–H and O–H groups in total. The van der Waals surface area contributed by atoms with Crippen molar-refractivity contribution < 1.29 is 19.0 Å². The average Bonchev–Trinajstić information content (AvgIpc) is 2.39. The summed E-state index contributed by atoms with van der Waals surface area (Å²) in [4.78, 5) is -4.19. The van der Waals surface area contributed by atoms with Crippen LogP contribution in [0, 0.1) is 11.6 Å². The fourth-order valence-corrected chi connectivity index (χ4v) is 2.32. The molecule has 0 radical (unpaired) electrons. The normalized spacial score (nSPS) is 17.3. The first-order chi connectivity index (χ1) is 9.25. The second kappa shape index (κ2) is 5.37. The molecule has 0 aliphatic heterocycles. The van der Waals surface area contributed by atoms with E-state index in [4.69, 9.17) is 0 Å². The lowest BCUT2D eigenvalue weighted by Crippen LogP contribution is -2.41. The van der Waals surface area contributed by atoms with Crippen molar-refractivity contribution in [3.05, 3.63) is 71.3 Å². The Kier molecular flexibility index (Phi) is 4.11. The predicted molar refractivity (Wildman–Crippen MR) is 78.6 cm³/mol. The lowest BCUT2D eigenvalue weighted by atomic mass is 9.96. The predicted octanol–water partition coefficient (Wildman–Crippen LogP) is 2.81. The van der Waals surface area contributed by atoms with E-state index in [1.807, 2.05) is 0 Å². The van der Waals surface area contributed by atoms with E-state index in [-0.39, 0.29) is 11.1 Å². The van der Waals surface area contributed by atoms with E-state index >= 15 is 0 Å². The Morgan fingerprint density at radius 3 is 1.15 bits per heavy atom. The van der Waals surface area contributed by atoms with Gasteiger partial charge in [-0.25, -0.2) is 8.78 Å². The zero-order valence-electron chi connectivity index (χ0n) is 10.2. The Balaban J connectivity index is 2.45. The highest BCUT2D eigenvalue weighted by molar-refractivity contribution is 7.85. The standard InChI is InChI=1S/C14H12F2O2S2/c15-11-5-1-9(2-6-11)13(17,19)14(18,20)10-3-7-12(16)8-4-10/h1-8,17-20H/t13-,14-/m1/s1. The molecule has 0 aliphatic rings. The quantitative estimate of drug-likeness (QED) is 0.520. The van der Waals surface area contributed by atoms with E-state index in [0.29, 0.717) is 0 Å². The van der Waals surface area contributed by atoms with Crippen molar-refractivity contribution in [2.24, 2.45) is 0 Å². The molecule has 0 saturated heterocycles. The monoisotopic (exact) mass is 314 g/mol. The summed E-state index contributed by atoms with van der Waals surface area (Å²) in [5, 5.41) is 20.9. The van der Waals surface area contributed by atoms with Gasteiger partial charge in [0.25, 0.3) is 0 Å². The minimum absolute atomic E-state index is 0.157. The topological polar surface area (TPSA) is 40.5 Å². The van der Waals surface area contributed by atoms with Crippen LogP contribution in [0.25, 0.3) is 0 Å². The first-order valence-electron chi connectivity index (χ1n) is 5.67. The molecule has 2 rings (SSSR count). The first kappa shape index (κ1) is 15.3. The highest BCUT2D eigenvalue weighted by Gasteiger charge is 2.47. The van der Waals surface area contributed by atoms with Crippen LogP contribution in [0.15, 0.2) is 48.5 Å². The summed E-state index contributed by atoms with van der Waals surface area (Å²) >= 11 is 8.08. The Morgan fingerprint density at radius 2 is 0.900 bits per heavy atom. The van der Waals surface area contributed by atoms with E-state index in [1.165, 1.54) is 24.3 Å². The van der Waals surface area contributed by atoms with Crippen molar-refractivity contribution in [3.8, 4) is 0 Å². The third kappa shape index (κ3) is 2.69. The fourth-order valence-electron chi connectivity index (χ4n) is 1.77. The van der Waals surface area contributed by atoms with Crippen LogP contribution in [-0.4, -0.2) is 10.2 Å². The van der Waals surface area contributed by atoms with Crippen molar-refractivity contribution in [2.75, 3.05) is 0 Å². The van der Waals surface area contributed by atoms with Crippen molar-refractivity contribution in [1.29, 1.82) is 0 Å². The van der Waals surface area contributed by atoms with Gasteiger partial charge in [-0.1, -0.05) is 24.3 Å². The summed E-state index contributed by atoms with van der Waals surface area (Å²) in [5.41, 5.74) is 0.313. The third-order valence-corrected chi connectivity index (χ3v) is 4.32. The van der Waals surface area contributed by atoms with E-state index in [9.17, 15) is 19.0 Å². The van der Waals surface area contributed by atoms with Crippen LogP contribution < -0.4 is 0 Å². The molecule has 2 nitrogen and oxygen atoms in total. The second-order valence-electron chi connectivity index (χ2n) is 4.36. The van der Waals surface area contributed by atoms with Crippen LogP contribution in [0.5, 0.6) is 0 Å². The Labute approximate surface area is 125 Å². The number of aliphatic hydroxyl groups is 2. The van der Waals surface area contributed by atoms with Gasteiger partial charge < -0.3 is 10.2 Å². The summed E-state index contributed by atoms with van der Waals surface area (Å²) < 4.78 is 25.8. The SMILES string of the molecule is O[C@@](S)(c1ccc(F)cc1)[C@](O)(S)c1ccc(F)cc1. The molecule has 6 heteroatoms. The molecule has 2 aromatic rings. The van der Waals surface area contributed by atoms with Crippen molar-refractivity contribution in [1.82, 2.24) is 0 Å². The zero-order valence-corrected chi connectivity index (χ0v) is 12.0. The minimum Gasteiger partial charge on any atom is -0.372 e. The molecular formula is C14H12F2O2S2. The Bertz CT molecular complexity index is 540. The van der Waals surface area contributed by atoms with Gasteiger partial charge in [0.2, 0.25) is 0 Å². The number of hydrogen-bond acceptors (Lipinski definition) is 4. The van der Waals surface area contributed by atoms with E-state index in [1.54, 1.807) is 0 Å². The molecule has 0 heterocycles. The maximum absolute atomic E-state index is 12.9. The van der Waals surface area contributed by atoms with Gasteiger partial charge in [0.05, 0.1) is 0 Å². The lowest BCUT2D eigenvalue weighted by molar-refractivity contribution is -0.0363. The third-order valence-electron chi connectivity index (χ3n) is 2.98. The van der Waals surface area contributed by atoms with Crippen molar-refractivity contribution in [2.45, 2.75) is 9.87 Å². The summed E-state index contributed by atoms with van der Waals surface area (Å²) in [7, 11) is 0. The Morgan fingerprint density at radius 1 is 0.650 bits per heavy atom. The molecule has 20 heavy (non-hydrogen) atoms. The fraction of sp³-hybridized carbons (Fsp3) is 0.143. The lowest BCUT2D eigenvalue weighted by Gasteiger charge is -2.37. The second-order valence-corrected chi connectivity index (χ2v) is 5.65. The van der Waals surface area contributed by atoms with Crippen LogP contribution >= 0.6 is 25.3 Å². The molecular weight excluding hydrogens is 302 g/mol. The summed E-state index contributed by atoms with van der Waals surface area (Å²) in [6.45, 7) is 0. The van der Waals surface area contributed by atoms with E-state index in [2.05, 4.69) is 25.3 Å². The smallest absolute Gasteiger partial charge is 0.175 e. The number of rotatable bonds is 3. The number of benzene rings is 2. The highest BCUT2D eigenvalue weighted by Crippen LogP contribution is 2.46. The van der Waals surface area contributed by atoms with Gasteiger partial charge in [-0.15, -0.1) is 25.3 Å². The molecule has 0 bridgehead atoms. The van der Waals surface area contributed by atoms with Gasteiger partial charge in [0.15, 0.2) is 9.87 Å². The molecule has 2 aromatic carbocycles. The minimum atomic E-state index is -2.10. The van der Waals surface area contributed by atoms with Crippen LogP contribution in [0.1, 0.15) is 11.1 Å². The van der Waals surface area contributed by atoms with Crippen LogP contribution in [0.4, 0.5) is 8.78 Å². The van der Waals surface area contributed by atoms with Gasteiger partial charge in [0, 0.05) is 0 Å². The largest absolute Gasteiger partial charge is 0.372 e. The highest BCUT2D eigenvalue weighted by atomic mass is 32.1. The Hall–Kier alpha value is -1.08. The van der Waals surface area contributed by atoms with Crippen LogP contribution in [-0.2, 0) is 9.87 Å². The molecule has 0 aliphatic carbocycles. The molecule has 2 atom stereocenters. The molecule has 0 unspecified atom stereocenters. The molecule has 0 fully saturated rings. The average molecular weight is 314 g/mol. The van der Waals surface area contributed by atoms with Crippen molar-refractivity contribution in [3.63, 3.8) is 0 Å². The summed E-state index contributed by atoms with van der Waals surface area (Å²) in [5.74, 6) is -0.968. The summed E-state index contributed by atoms with van der Waals surface area (Å²) in [6, 6.07) is 9.66. The molecule has 0 spiro atoms. The molecule has 106 valence electrons. The van der Waals surface area contributed by atoms with Crippen LogP contribution in [0.2, 0.25) is 0 Å². The number of halogens is 2. The van der Waals surface area contributed by atoms with Crippen molar-refractivity contribution >= 4 is 25.3 Å². The maximum atomic E-state index is 12.9. The van der Waals surface area contributed by atoms with Gasteiger partial charge in [-0.2, -0.15) is 0 Å². The van der Waals surface area contributed by atoms with E-state index < -0.39 is 21.5 Å². The van der Waals surface area contributed by atoms with Crippen LogP contribution in [0.3, 0.4) is 0 Å². The molecule has 0 amide bonds. The number of thiol groups is 2. The number of hydrogen-bond donors (Lipinski definition) is 4. The zero-order chi connectivity index (χ0) is 15.0. The maximum Gasteiger partial charge on any atom is 0.175 e. The van der Waals surface area contributed by atoms with Gasteiger partial charge in [0.1, 0.15) is 11.6 Å². The summed E-state index contributed by atoms with van der Waals surface area (Å²) in [6.07, 6.45) is 0.